The van der Waals surface area contributed by atoms with E-state index in [0.717, 1.165) is 34.8 Å². The highest BCUT2D eigenvalue weighted by atomic mass is 32.1. The predicted octanol–water partition coefficient (Wildman–Crippen LogP) is 4.73. The molecule has 3 fully saturated rings. The Morgan fingerprint density at radius 3 is 2.80 bits per heavy atom. The average Bonchev–Trinajstić information content (AvgIpc) is 3.14. The molecule has 7 heteroatoms. The fraction of sp³-hybridized carbons (Fsp3) is 0.348. The fourth-order valence-corrected chi connectivity index (χ4v) is 5.51. The molecule has 0 atom stereocenters. The van der Waals surface area contributed by atoms with E-state index in [1.165, 1.54) is 23.5 Å². The number of carbonyl (C=O) groups is 1. The van der Waals surface area contributed by atoms with Crippen molar-refractivity contribution < 1.29 is 13.9 Å². The van der Waals surface area contributed by atoms with Crippen LogP contribution in [0.25, 0.3) is 10.6 Å². The first-order valence-corrected chi connectivity index (χ1v) is 10.9. The van der Waals surface area contributed by atoms with Gasteiger partial charge >= 0.3 is 0 Å². The molecule has 1 amide bonds. The Morgan fingerprint density at radius 2 is 2.07 bits per heavy atom. The lowest BCUT2D eigenvalue weighted by Gasteiger charge is -2.58. The Balaban J connectivity index is 1.41. The van der Waals surface area contributed by atoms with Crippen LogP contribution in [0.3, 0.4) is 0 Å². The molecule has 2 saturated heterocycles. The van der Waals surface area contributed by atoms with E-state index in [4.69, 9.17) is 4.74 Å². The van der Waals surface area contributed by atoms with Crippen LogP contribution in [0.15, 0.2) is 48.7 Å². The van der Waals surface area contributed by atoms with Gasteiger partial charge in [-0.3, -0.25) is 9.78 Å². The molecule has 1 aliphatic carbocycles. The minimum absolute atomic E-state index is 0.0548. The molecule has 0 spiro atoms. The Bertz CT molecular complexity index is 1060. The van der Waals surface area contributed by atoms with Crippen LogP contribution in [-0.2, 0) is 0 Å². The van der Waals surface area contributed by atoms with E-state index < -0.39 is 0 Å². The third kappa shape index (κ3) is 3.37. The van der Waals surface area contributed by atoms with Crippen LogP contribution in [0.5, 0.6) is 5.75 Å². The molecule has 4 heterocycles. The third-order valence-electron chi connectivity index (χ3n) is 6.07. The number of carbonyl (C=O) groups excluding carboxylic acids is 1. The van der Waals surface area contributed by atoms with Crippen molar-refractivity contribution in [3.8, 4) is 16.3 Å². The van der Waals surface area contributed by atoms with E-state index >= 15 is 0 Å². The van der Waals surface area contributed by atoms with Gasteiger partial charge in [-0.2, -0.15) is 0 Å². The van der Waals surface area contributed by atoms with Crippen molar-refractivity contribution in [2.75, 3.05) is 13.2 Å². The van der Waals surface area contributed by atoms with Crippen LogP contribution in [0.4, 0.5) is 4.39 Å². The molecule has 3 aliphatic rings. The van der Waals surface area contributed by atoms with Crippen LogP contribution >= 0.6 is 11.3 Å². The van der Waals surface area contributed by atoms with E-state index in [0.29, 0.717) is 30.5 Å². The largest absolute Gasteiger partial charge is 0.491 e. The van der Waals surface area contributed by atoms with E-state index in [9.17, 15) is 9.18 Å². The lowest BCUT2D eigenvalue weighted by atomic mass is 9.63. The van der Waals surface area contributed by atoms with Crippen molar-refractivity contribution in [3.63, 3.8) is 0 Å². The number of rotatable bonds is 5. The molecule has 154 valence electrons. The molecular weight excluding hydrogens is 401 g/mol. The zero-order valence-electron chi connectivity index (χ0n) is 16.7. The number of nitrogens with zero attached hydrogens (tertiary/aromatic N) is 3. The van der Waals surface area contributed by atoms with Gasteiger partial charge < -0.3 is 9.64 Å². The van der Waals surface area contributed by atoms with Crippen molar-refractivity contribution in [2.45, 2.75) is 31.7 Å². The third-order valence-corrected chi connectivity index (χ3v) is 7.06. The molecule has 1 aromatic carbocycles. The summed E-state index contributed by atoms with van der Waals surface area (Å²) in [6.45, 7) is 3.02. The maximum atomic E-state index is 13.6. The maximum absolute atomic E-state index is 13.6. The summed E-state index contributed by atoms with van der Waals surface area (Å²) in [5.74, 6) is 0.907. The van der Waals surface area contributed by atoms with Crippen molar-refractivity contribution in [1.29, 1.82) is 0 Å². The van der Waals surface area contributed by atoms with Gasteiger partial charge in [-0.15, -0.1) is 11.3 Å². The van der Waals surface area contributed by atoms with Crippen molar-refractivity contribution in [1.82, 2.24) is 14.9 Å². The van der Waals surface area contributed by atoms with Crippen molar-refractivity contribution >= 4 is 17.2 Å². The zero-order chi connectivity index (χ0) is 20.7. The van der Waals surface area contributed by atoms with Gasteiger partial charge in [0, 0.05) is 12.7 Å². The lowest BCUT2D eigenvalue weighted by molar-refractivity contribution is -0.0798. The van der Waals surface area contributed by atoms with Gasteiger partial charge in [-0.25, -0.2) is 9.37 Å². The maximum Gasteiger partial charge on any atom is 0.274 e. The number of amides is 1. The standard InChI is InChI=1S/C23H22FN3O2S/c1-15-26-20(21(30-15)19-4-2-3-10-25-19)22(28)27-11-9-16-12-23(27,13-16)14-29-18-7-5-17(24)6-8-18/h2-8,10,16H,9,11-14H2,1H3. The molecule has 6 rings (SSSR count). The van der Waals surface area contributed by atoms with Crippen LogP contribution < -0.4 is 4.74 Å². The summed E-state index contributed by atoms with van der Waals surface area (Å²) in [5, 5.41) is 0.846. The van der Waals surface area contributed by atoms with Gasteiger partial charge in [0.05, 0.1) is 21.1 Å². The number of aryl methyl sites for hydroxylation is 1. The zero-order valence-corrected chi connectivity index (χ0v) is 17.5. The molecule has 30 heavy (non-hydrogen) atoms. The van der Waals surface area contributed by atoms with Gasteiger partial charge in [-0.05, 0) is 68.5 Å². The summed E-state index contributed by atoms with van der Waals surface area (Å²) >= 11 is 1.50. The Kier molecular flexibility index (Phi) is 4.77. The second-order valence-corrected chi connectivity index (χ2v) is 9.32. The second-order valence-electron chi connectivity index (χ2n) is 8.11. The summed E-state index contributed by atoms with van der Waals surface area (Å²) in [7, 11) is 0. The van der Waals surface area contributed by atoms with Gasteiger partial charge in [0.1, 0.15) is 23.9 Å². The van der Waals surface area contributed by atoms with Crippen LogP contribution in [-0.4, -0.2) is 39.5 Å². The number of thiazole rings is 1. The fourth-order valence-electron chi connectivity index (χ4n) is 4.62. The molecule has 2 bridgehead atoms. The summed E-state index contributed by atoms with van der Waals surface area (Å²) in [6, 6.07) is 11.7. The van der Waals surface area contributed by atoms with Crippen LogP contribution in [0, 0.1) is 18.7 Å². The molecular formula is C23H22FN3O2S. The van der Waals surface area contributed by atoms with Gasteiger partial charge in [0.25, 0.3) is 5.91 Å². The first-order valence-electron chi connectivity index (χ1n) is 10.1. The summed E-state index contributed by atoms with van der Waals surface area (Å²) < 4.78 is 19.2. The van der Waals surface area contributed by atoms with E-state index in [2.05, 4.69) is 9.97 Å². The lowest BCUT2D eigenvalue weighted by Crippen LogP contribution is -2.67. The number of fused-ring (bicyclic) bond motifs is 2. The Labute approximate surface area is 178 Å². The minimum atomic E-state index is -0.326. The minimum Gasteiger partial charge on any atom is -0.491 e. The Morgan fingerprint density at radius 1 is 1.27 bits per heavy atom. The first kappa shape index (κ1) is 19.2. The normalized spacial score (nSPS) is 22.5. The van der Waals surface area contributed by atoms with Gasteiger partial charge in [0.2, 0.25) is 0 Å². The average molecular weight is 424 g/mol. The number of hydrogen-bond acceptors (Lipinski definition) is 5. The summed E-state index contributed by atoms with van der Waals surface area (Å²) in [6.07, 6.45) is 4.60. The number of halogens is 1. The monoisotopic (exact) mass is 423 g/mol. The van der Waals surface area contributed by atoms with E-state index in [1.807, 2.05) is 30.0 Å². The van der Waals surface area contributed by atoms with Crippen molar-refractivity contribution in [2.24, 2.45) is 5.92 Å². The number of hydrogen-bond donors (Lipinski definition) is 0. The molecule has 0 radical (unpaired) electrons. The van der Waals surface area contributed by atoms with E-state index in [1.54, 1.807) is 18.3 Å². The molecule has 2 aromatic heterocycles. The topological polar surface area (TPSA) is 55.3 Å². The smallest absolute Gasteiger partial charge is 0.274 e. The number of benzene rings is 1. The SMILES string of the molecule is Cc1nc(C(=O)N2CCC3CC2(COc2ccc(F)cc2)C3)c(-c2ccccn2)s1. The molecule has 0 N–H and O–H groups in total. The molecule has 2 aliphatic heterocycles. The molecule has 1 saturated carbocycles. The van der Waals surface area contributed by atoms with Crippen molar-refractivity contribution in [3.05, 3.63) is 65.2 Å². The Hall–Kier alpha value is -2.80. The van der Waals surface area contributed by atoms with E-state index in [-0.39, 0.29) is 17.3 Å². The number of ether oxygens (including phenoxy) is 1. The van der Waals surface area contributed by atoms with Gasteiger partial charge in [0.15, 0.2) is 0 Å². The highest BCUT2D eigenvalue weighted by Gasteiger charge is 2.55. The highest BCUT2D eigenvalue weighted by Crippen LogP contribution is 2.50. The molecule has 3 aromatic rings. The summed E-state index contributed by atoms with van der Waals surface area (Å²) in [5.41, 5.74) is 0.919. The molecule has 5 nitrogen and oxygen atoms in total. The van der Waals surface area contributed by atoms with Gasteiger partial charge in [-0.1, -0.05) is 6.07 Å². The summed E-state index contributed by atoms with van der Waals surface area (Å²) in [4.78, 5) is 25.4. The second kappa shape index (κ2) is 7.47. The number of aromatic nitrogens is 2. The molecule has 0 unspecified atom stereocenters. The van der Waals surface area contributed by atoms with Crippen LogP contribution in [0.1, 0.15) is 34.8 Å². The number of piperidine rings is 2. The quantitative estimate of drug-likeness (QED) is 0.596. The first-order chi connectivity index (χ1) is 14.5. The predicted molar refractivity (Wildman–Crippen MR) is 113 cm³/mol. The number of pyridine rings is 1. The highest BCUT2D eigenvalue weighted by molar-refractivity contribution is 7.15. The van der Waals surface area contributed by atoms with Crippen LogP contribution in [0.2, 0.25) is 0 Å².